The van der Waals surface area contributed by atoms with Crippen molar-refractivity contribution in [2.24, 2.45) is 0 Å². The Balaban J connectivity index is 1.62. The van der Waals surface area contributed by atoms with E-state index in [0.29, 0.717) is 12.5 Å². The maximum Gasteiger partial charge on any atom is 0.139 e. The van der Waals surface area contributed by atoms with E-state index in [1.54, 1.807) is 12.1 Å². The number of ether oxygens (including phenoxy) is 1. The second-order valence-electron chi connectivity index (χ2n) is 8.10. The summed E-state index contributed by atoms with van der Waals surface area (Å²) < 4.78 is 7.76. The minimum absolute atomic E-state index is 0.300. The monoisotopic (exact) mass is 380 g/mol. The van der Waals surface area contributed by atoms with Gasteiger partial charge in [0.15, 0.2) is 0 Å². The predicted molar refractivity (Wildman–Crippen MR) is 113 cm³/mol. The fourth-order valence-corrected chi connectivity index (χ4v) is 3.61. The van der Waals surface area contributed by atoms with Gasteiger partial charge in [-0.3, -0.25) is 0 Å². The zero-order chi connectivity index (χ0) is 19.3. The Morgan fingerprint density at radius 2 is 1.56 bits per heavy atom. The first kappa shape index (κ1) is 19.4. The zero-order valence-electron chi connectivity index (χ0n) is 16.4. The first-order valence-electron chi connectivity index (χ1n) is 9.37. The summed E-state index contributed by atoms with van der Waals surface area (Å²) in [4.78, 5) is 0. The molecule has 0 unspecified atom stereocenters. The summed E-state index contributed by atoms with van der Waals surface area (Å²) >= 11 is 0. The number of phenols is 1. The molecule has 0 spiro atoms. The van der Waals surface area contributed by atoms with Gasteiger partial charge in [0.05, 0.1) is 5.69 Å². The van der Waals surface area contributed by atoms with Crippen LogP contribution in [0, 0.1) is 0 Å². The van der Waals surface area contributed by atoms with Crippen molar-refractivity contribution in [1.29, 1.82) is 0 Å². The van der Waals surface area contributed by atoms with Crippen molar-refractivity contribution in [3.05, 3.63) is 71.9 Å². The maximum atomic E-state index is 9.39. The van der Waals surface area contributed by atoms with Gasteiger partial charge in [0, 0.05) is 20.9 Å². The molecule has 3 aromatic rings. The van der Waals surface area contributed by atoms with Gasteiger partial charge in [-0.1, -0.05) is 56.0 Å². The smallest absolute Gasteiger partial charge is 0.139 e. The van der Waals surface area contributed by atoms with Crippen molar-refractivity contribution in [2.75, 3.05) is 6.61 Å². The van der Waals surface area contributed by atoms with Gasteiger partial charge < -0.3 is 9.84 Å². The number of aromatic nitrogens is 2. The van der Waals surface area contributed by atoms with Crippen LogP contribution in [0.2, 0.25) is 25.7 Å². The Hall–Kier alpha value is -2.37. The Morgan fingerprint density at radius 1 is 0.926 bits per heavy atom. The van der Waals surface area contributed by atoms with E-state index in [1.807, 2.05) is 29.1 Å². The number of aromatic hydroxyl groups is 1. The molecule has 5 heteroatoms. The Labute approximate surface area is 162 Å². The fourth-order valence-electron chi connectivity index (χ4n) is 2.85. The number of hydrogen-bond acceptors (Lipinski definition) is 3. The molecule has 0 atom stereocenters. The highest BCUT2D eigenvalue weighted by Gasteiger charge is 2.12. The quantitative estimate of drug-likeness (QED) is 0.434. The van der Waals surface area contributed by atoms with Gasteiger partial charge in [-0.15, -0.1) is 0 Å². The van der Waals surface area contributed by atoms with Crippen molar-refractivity contribution < 1.29 is 9.84 Å². The lowest BCUT2D eigenvalue weighted by Gasteiger charge is -2.16. The van der Waals surface area contributed by atoms with E-state index in [0.717, 1.165) is 30.3 Å². The third-order valence-electron chi connectivity index (χ3n) is 4.52. The maximum absolute atomic E-state index is 9.39. The predicted octanol–water partition coefficient (Wildman–Crippen LogP) is 5.16. The van der Waals surface area contributed by atoms with Crippen molar-refractivity contribution in [3.8, 4) is 17.0 Å². The van der Waals surface area contributed by atoms with Gasteiger partial charge in [0.25, 0.3) is 0 Å². The fraction of sp³-hybridized carbons (Fsp3) is 0.318. The molecule has 3 rings (SSSR count). The van der Waals surface area contributed by atoms with Gasteiger partial charge in [0.1, 0.15) is 12.5 Å². The Bertz CT molecular complexity index is 849. The molecule has 0 radical (unpaired) electrons. The summed E-state index contributed by atoms with van der Waals surface area (Å²) in [7, 11) is -1.07. The summed E-state index contributed by atoms with van der Waals surface area (Å²) in [6, 6.07) is 19.1. The largest absolute Gasteiger partial charge is 0.508 e. The van der Waals surface area contributed by atoms with Gasteiger partial charge in [0.2, 0.25) is 0 Å². The van der Waals surface area contributed by atoms with Crippen LogP contribution in [0.25, 0.3) is 11.3 Å². The third-order valence-corrected chi connectivity index (χ3v) is 6.22. The highest BCUT2D eigenvalue weighted by Crippen LogP contribution is 2.21. The summed E-state index contributed by atoms with van der Waals surface area (Å²) in [6.45, 7) is 8.35. The van der Waals surface area contributed by atoms with Gasteiger partial charge in [-0.05, 0) is 47.4 Å². The molecule has 0 amide bonds. The van der Waals surface area contributed by atoms with E-state index >= 15 is 0 Å². The van der Waals surface area contributed by atoms with Crippen molar-refractivity contribution >= 4 is 8.07 Å². The van der Waals surface area contributed by atoms with Crippen molar-refractivity contribution in [2.45, 2.75) is 38.8 Å². The average Bonchev–Trinajstić information content (AvgIpc) is 3.09. The molecule has 0 aliphatic heterocycles. The zero-order valence-corrected chi connectivity index (χ0v) is 17.4. The van der Waals surface area contributed by atoms with Crippen LogP contribution in [0.1, 0.15) is 11.1 Å². The molecule has 4 nitrogen and oxygen atoms in total. The molecule has 0 saturated carbocycles. The molecule has 1 N–H and O–H groups in total. The number of phenolic OH excluding ortho intramolecular Hbond substituents is 1. The third kappa shape index (κ3) is 5.81. The van der Waals surface area contributed by atoms with E-state index < -0.39 is 8.07 Å². The summed E-state index contributed by atoms with van der Waals surface area (Å²) in [6.07, 6.45) is 2.67. The highest BCUT2D eigenvalue weighted by molar-refractivity contribution is 6.76. The lowest BCUT2D eigenvalue weighted by atomic mass is 10.0. The van der Waals surface area contributed by atoms with Crippen LogP contribution in [0.15, 0.2) is 60.8 Å². The molecule has 0 aliphatic carbocycles. The summed E-state index contributed by atoms with van der Waals surface area (Å²) in [5.41, 5.74) is 4.62. The molecular formula is C22H28N2O2Si. The minimum atomic E-state index is -1.07. The SMILES string of the molecule is C[Si](C)(C)CCOCn1nccc1-c1ccc(Cc2ccc(O)cc2)cc1. The molecule has 0 aliphatic rings. The van der Waals surface area contributed by atoms with Crippen LogP contribution < -0.4 is 0 Å². The molecular weight excluding hydrogens is 352 g/mol. The number of nitrogens with zero attached hydrogens (tertiary/aromatic N) is 2. The second-order valence-corrected chi connectivity index (χ2v) is 13.7. The first-order chi connectivity index (χ1) is 12.9. The van der Waals surface area contributed by atoms with Gasteiger partial charge >= 0.3 is 0 Å². The van der Waals surface area contributed by atoms with Crippen LogP contribution in [-0.2, 0) is 17.9 Å². The summed E-state index contributed by atoms with van der Waals surface area (Å²) in [5, 5.41) is 13.8. The standard InChI is InChI=1S/C22H28N2O2Si/c1-27(2,3)15-14-26-17-24-22(12-13-23-24)20-8-4-18(5-9-20)16-19-6-10-21(25)11-7-19/h4-13,25H,14-17H2,1-3H3. The van der Waals surface area contributed by atoms with E-state index in [-0.39, 0.29) is 0 Å². The van der Waals surface area contributed by atoms with Gasteiger partial charge in [-0.25, -0.2) is 4.68 Å². The summed E-state index contributed by atoms with van der Waals surface area (Å²) in [5.74, 6) is 0.300. The molecule has 1 aromatic heterocycles. The van der Waals surface area contributed by atoms with Crippen LogP contribution in [-0.4, -0.2) is 29.6 Å². The second kappa shape index (κ2) is 8.54. The van der Waals surface area contributed by atoms with E-state index in [9.17, 15) is 5.11 Å². The molecule has 0 fully saturated rings. The molecule has 27 heavy (non-hydrogen) atoms. The average molecular weight is 381 g/mol. The van der Waals surface area contributed by atoms with Crippen LogP contribution in [0.5, 0.6) is 5.75 Å². The van der Waals surface area contributed by atoms with E-state index in [4.69, 9.17) is 4.74 Å². The van der Waals surface area contributed by atoms with Gasteiger partial charge in [-0.2, -0.15) is 5.10 Å². The molecule has 0 saturated heterocycles. The van der Waals surface area contributed by atoms with E-state index in [2.05, 4.69) is 49.0 Å². The number of rotatable bonds is 8. The first-order valence-corrected chi connectivity index (χ1v) is 13.1. The Morgan fingerprint density at radius 3 is 2.19 bits per heavy atom. The molecule has 1 heterocycles. The Kier molecular flexibility index (Phi) is 6.14. The number of benzene rings is 2. The highest BCUT2D eigenvalue weighted by atomic mass is 28.3. The topological polar surface area (TPSA) is 47.3 Å². The van der Waals surface area contributed by atoms with E-state index in [1.165, 1.54) is 11.1 Å². The van der Waals surface area contributed by atoms with Crippen molar-refractivity contribution in [3.63, 3.8) is 0 Å². The normalized spacial score (nSPS) is 11.7. The molecule has 2 aromatic carbocycles. The van der Waals surface area contributed by atoms with Crippen LogP contribution in [0.4, 0.5) is 0 Å². The van der Waals surface area contributed by atoms with Crippen molar-refractivity contribution in [1.82, 2.24) is 9.78 Å². The molecule has 0 bridgehead atoms. The minimum Gasteiger partial charge on any atom is -0.508 e. The number of hydrogen-bond donors (Lipinski definition) is 1. The molecule has 142 valence electrons. The van der Waals surface area contributed by atoms with Crippen LogP contribution >= 0.6 is 0 Å². The lowest BCUT2D eigenvalue weighted by Crippen LogP contribution is -2.22. The lowest BCUT2D eigenvalue weighted by molar-refractivity contribution is 0.0798. The van der Waals surface area contributed by atoms with Crippen LogP contribution in [0.3, 0.4) is 0 Å².